The summed E-state index contributed by atoms with van der Waals surface area (Å²) in [6.45, 7) is 4.77. The molecule has 2 aliphatic rings. The fraction of sp³-hybridized carbons (Fsp3) is 0.562. The summed E-state index contributed by atoms with van der Waals surface area (Å²) in [6.07, 6.45) is 3.27. The lowest BCUT2D eigenvalue weighted by Gasteiger charge is -2.25. The first-order valence-corrected chi connectivity index (χ1v) is 7.24. The third-order valence-corrected chi connectivity index (χ3v) is 4.32. The monoisotopic (exact) mass is 273 g/mol. The number of nitrogens with one attached hydrogen (secondary N) is 1. The van der Waals surface area contributed by atoms with Gasteiger partial charge in [-0.2, -0.15) is 5.26 Å². The molecule has 0 aromatic heterocycles. The van der Waals surface area contributed by atoms with Crippen LogP contribution in [0.2, 0.25) is 0 Å². The van der Waals surface area contributed by atoms with E-state index in [9.17, 15) is 9.65 Å². The summed E-state index contributed by atoms with van der Waals surface area (Å²) in [5.74, 6) is -0.259. The molecule has 2 atom stereocenters. The first-order chi connectivity index (χ1) is 9.51. The fourth-order valence-corrected chi connectivity index (χ4v) is 3.33. The van der Waals surface area contributed by atoms with Gasteiger partial charge in [-0.1, -0.05) is 0 Å². The molecule has 0 bridgehead atoms. The molecule has 3 nitrogen and oxygen atoms in total. The highest BCUT2D eigenvalue weighted by Crippen LogP contribution is 2.38. The van der Waals surface area contributed by atoms with Gasteiger partial charge in [-0.05, 0) is 50.5 Å². The number of hydrogen-bond donors (Lipinski definition) is 1. The normalized spacial score (nSPS) is 30.2. The minimum absolute atomic E-state index is 0.259. The highest BCUT2D eigenvalue weighted by molar-refractivity contribution is 5.51. The number of aryl methyl sites for hydroxylation is 1. The van der Waals surface area contributed by atoms with E-state index in [1.165, 1.54) is 25.0 Å². The minimum Gasteiger partial charge on any atom is -0.366 e. The Morgan fingerprint density at radius 1 is 1.40 bits per heavy atom. The van der Waals surface area contributed by atoms with Crippen molar-refractivity contribution in [2.75, 3.05) is 11.9 Å². The van der Waals surface area contributed by atoms with Gasteiger partial charge < -0.3 is 5.32 Å². The van der Waals surface area contributed by atoms with Crippen LogP contribution in [0.3, 0.4) is 0 Å². The van der Waals surface area contributed by atoms with Crippen LogP contribution in [0.4, 0.5) is 10.1 Å². The van der Waals surface area contributed by atoms with E-state index in [-0.39, 0.29) is 5.82 Å². The van der Waals surface area contributed by atoms with Gasteiger partial charge in [0.05, 0.1) is 6.07 Å². The summed E-state index contributed by atoms with van der Waals surface area (Å²) in [7, 11) is 0. The lowest BCUT2D eigenvalue weighted by atomic mass is 9.97. The van der Waals surface area contributed by atoms with Crippen molar-refractivity contribution in [2.45, 2.75) is 50.7 Å². The summed E-state index contributed by atoms with van der Waals surface area (Å²) in [6, 6.07) is 8.35. The van der Waals surface area contributed by atoms with E-state index in [4.69, 9.17) is 0 Å². The maximum atomic E-state index is 13.5. The molecule has 0 amide bonds. The van der Waals surface area contributed by atoms with Crippen LogP contribution in [-0.4, -0.2) is 29.1 Å². The van der Waals surface area contributed by atoms with Gasteiger partial charge in [0, 0.05) is 30.7 Å². The number of rotatable bonds is 3. The Kier molecular flexibility index (Phi) is 3.18. The molecule has 1 saturated heterocycles. The molecular weight excluding hydrogens is 253 g/mol. The molecule has 0 radical (unpaired) electrons. The van der Waals surface area contributed by atoms with Crippen LogP contribution in [0.1, 0.15) is 31.7 Å². The van der Waals surface area contributed by atoms with Gasteiger partial charge in [0.15, 0.2) is 0 Å². The molecule has 1 aliphatic carbocycles. The maximum Gasteiger partial charge on any atom is 0.139 e. The van der Waals surface area contributed by atoms with Gasteiger partial charge in [-0.3, -0.25) is 4.90 Å². The fourth-order valence-electron chi connectivity index (χ4n) is 3.33. The van der Waals surface area contributed by atoms with E-state index in [0.29, 0.717) is 17.8 Å². The molecule has 1 aromatic rings. The van der Waals surface area contributed by atoms with Crippen LogP contribution in [-0.2, 0) is 0 Å². The average molecular weight is 273 g/mol. The Bertz CT molecular complexity index is 541. The van der Waals surface area contributed by atoms with Crippen LogP contribution in [0, 0.1) is 24.1 Å². The zero-order valence-electron chi connectivity index (χ0n) is 12.0. The topological polar surface area (TPSA) is 39.1 Å². The van der Waals surface area contributed by atoms with E-state index in [2.05, 4.69) is 23.2 Å². The molecule has 2 unspecified atom stereocenters. The number of anilines is 1. The van der Waals surface area contributed by atoms with Crippen LogP contribution in [0.15, 0.2) is 18.2 Å². The molecule has 0 spiro atoms. The van der Waals surface area contributed by atoms with Gasteiger partial charge in [0.25, 0.3) is 0 Å². The highest BCUT2D eigenvalue weighted by Gasteiger charge is 2.47. The Balaban J connectivity index is 1.81. The molecule has 1 heterocycles. The summed E-state index contributed by atoms with van der Waals surface area (Å²) < 4.78 is 13.5. The second kappa shape index (κ2) is 4.75. The number of hydrogen-bond acceptors (Lipinski definition) is 3. The van der Waals surface area contributed by atoms with Crippen LogP contribution >= 0.6 is 0 Å². The van der Waals surface area contributed by atoms with Crippen molar-refractivity contribution in [1.82, 2.24) is 4.90 Å². The summed E-state index contributed by atoms with van der Waals surface area (Å²) >= 11 is 0. The zero-order valence-corrected chi connectivity index (χ0v) is 12.0. The van der Waals surface area contributed by atoms with Crippen molar-refractivity contribution in [3.8, 4) is 6.07 Å². The Hall–Kier alpha value is -1.60. The van der Waals surface area contributed by atoms with E-state index >= 15 is 0 Å². The molecule has 4 heteroatoms. The third-order valence-electron chi connectivity index (χ3n) is 4.32. The molecule has 3 rings (SSSR count). The molecule has 1 N–H and O–H groups in total. The smallest absolute Gasteiger partial charge is 0.139 e. The van der Waals surface area contributed by atoms with Crippen molar-refractivity contribution < 1.29 is 4.39 Å². The number of nitrogens with zero attached hydrogens (tertiary/aromatic N) is 2. The van der Waals surface area contributed by atoms with Gasteiger partial charge >= 0.3 is 0 Å². The molecule has 20 heavy (non-hydrogen) atoms. The standard InChI is InChI=1S/C16H20FN3/c1-11-5-13(17)7-14(6-11)19-16(9-18)8-12(2)20(10-16)15-3-4-15/h5-7,12,15,19H,3-4,8,10H2,1-2H3. The predicted molar refractivity (Wildman–Crippen MR) is 76.9 cm³/mol. The average Bonchev–Trinajstić information content (AvgIpc) is 3.14. The van der Waals surface area contributed by atoms with Crippen molar-refractivity contribution in [2.24, 2.45) is 0 Å². The maximum absolute atomic E-state index is 13.5. The summed E-state index contributed by atoms with van der Waals surface area (Å²) in [5.41, 5.74) is 0.974. The first-order valence-electron chi connectivity index (χ1n) is 7.24. The SMILES string of the molecule is Cc1cc(F)cc(NC2(C#N)CC(C)N(C3CC3)C2)c1. The quantitative estimate of drug-likeness (QED) is 0.920. The molecule has 1 aliphatic heterocycles. The van der Waals surface area contributed by atoms with Gasteiger partial charge in [-0.15, -0.1) is 0 Å². The van der Waals surface area contributed by atoms with E-state index in [1.54, 1.807) is 0 Å². The van der Waals surface area contributed by atoms with E-state index < -0.39 is 5.54 Å². The molecule has 106 valence electrons. The van der Waals surface area contributed by atoms with Crippen molar-refractivity contribution in [1.29, 1.82) is 5.26 Å². The van der Waals surface area contributed by atoms with Crippen molar-refractivity contribution in [3.63, 3.8) is 0 Å². The van der Waals surface area contributed by atoms with Crippen molar-refractivity contribution >= 4 is 5.69 Å². The molecule has 2 fully saturated rings. The predicted octanol–water partition coefficient (Wildman–Crippen LogP) is 3.07. The summed E-state index contributed by atoms with van der Waals surface area (Å²) in [5, 5.41) is 12.9. The van der Waals surface area contributed by atoms with Gasteiger partial charge in [0.1, 0.15) is 11.4 Å². The lowest BCUT2D eigenvalue weighted by molar-refractivity contribution is 0.255. The number of halogens is 1. The van der Waals surface area contributed by atoms with Crippen LogP contribution < -0.4 is 5.32 Å². The number of benzene rings is 1. The Morgan fingerprint density at radius 3 is 2.75 bits per heavy atom. The van der Waals surface area contributed by atoms with Crippen molar-refractivity contribution in [3.05, 3.63) is 29.6 Å². The second-order valence-corrected chi connectivity index (χ2v) is 6.29. The number of nitriles is 1. The van der Waals surface area contributed by atoms with E-state index in [0.717, 1.165) is 18.5 Å². The van der Waals surface area contributed by atoms with E-state index in [1.807, 2.05) is 13.0 Å². The molecule has 1 saturated carbocycles. The lowest BCUT2D eigenvalue weighted by Crippen LogP contribution is -2.40. The summed E-state index contributed by atoms with van der Waals surface area (Å²) in [4.78, 5) is 2.42. The third kappa shape index (κ3) is 2.51. The highest BCUT2D eigenvalue weighted by atomic mass is 19.1. The van der Waals surface area contributed by atoms with Gasteiger partial charge in [0.2, 0.25) is 0 Å². The molecular formula is C16H20FN3. The Labute approximate surface area is 119 Å². The first kappa shape index (κ1) is 13.4. The van der Waals surface area contributed by atoms with Gasteiger partial charge in [-0.25, -0.2) is 4.39 Å². The largest absolute Gasteiger partial charge is 0.366 e. The van der Waals surface area contributed by atoms with Crippen LogP contribution in [0.25, 0.3) is 0 Å². The molecule has 1 aromatic carbocycles. The second-order valence-electron chi connectivity index (χ2n) is 6.29. The zero-order chi connectivity index (χ0) is 14.3. The number of likely N-dealkylation sites (tertiary alicyclic amines) is 1. The van der Waals surface area contributed by atoms with Crippen LogP contribution in [0.5, 0.6) is 0 Å². The Morgan fingerprint density at radius 2 is 2.15 bits per heavy atom. The minimum atomic E-state index is -0.595.